The number of rotatable bonds is 6. The van der Waals surface area contributed by atoms with Crippen LogP contribution in [0.25, 0.3) is 5.69 Å². The van der Waals surface area contributed by atoms with Gasteiger partial charge in [0, 0.05) is 24.2 Å². The number of hydrogen-bond acceptors (Lipinski definition) is 6. The fourth-order valence-corrected chi connectivity index (χ4v) is 4.23. The van der Waals surface area contributed by atoms with Crippen LogP contribution in [-0.2, 0) is 22.6 Å². The molecule has 206 valence electrons. The highest BCUT2D eigenvalue weighted by molar-refractivity contribution is 7.90. The van der Waals surface area contributed by atoms with E-state index in [2.05, 4.69) is 28.4 Å². The molecule has 0 atom stereocenters. The summed E-state index contributed by atoms with van der Waals surface area (Å²) in [6.07, 6.45) is -3.67. The number of carbonyl (C=O) groups is 2. The molecule has 1 aromatic heterocycles. The molecular formula is C24H22F3N5O5S2. The van der Waals surface area contributed by atoms with Crippen LogP contribution in [0.2, 0.25) is 0 Å². The Hall–Kier alpha value is -4.24. The van der Waals surface area contributed by atoms with Gasteiger partial charge < -0.3 is 11.1 Å². The largest absolute Gasteiger partial charge is 0.416 e. The van der Waals surface area contributed by atoms with Crippen molar-refractivity contribution in [3.05, 3.63) is 92.9 Å². The summed E-state index contributed by atoms with van der Waals surface area (Å²) in [7, 11) is -3.43. The summed E-state index contributed by atoms with van der Waals surface area (Å²) < 4.78 is 64.1. The van der Waals surface area contributed by atoms with Crippen LogP contribution >= 0.6 is 12.2 Å². The molecule has 2 aromatic carbocycles. The minimum Gasteiger partial charge on any atom is -0.375 e. The molecule has 3 aromatic rings. The summed E-state index contributed by atoms with van der Waals surface area (Å²) >= 11 is 4.64. The Bertz CT molecular complexity index is 1620. The standard InChI is InChI=1S/C24H22F3N5O5S2/c1-13-18(21(34)30-31-23(28)38)11-19(20(33)29-12-14-6-8-17(9-7-14)39(2,36)37)22(35)32(13)16-5-3-4-15(10-16)24(25,26)27/h3-11H,12H2,1-2H3,(H,29,33)(H,30,34)(H3,28,31,38). The topological polar surface area (TPSA) is 152 Å². The van der Waals surface area contributed by atoms with Crippen LogP contribution in [0.1, 0.15) is 37.5 Å². The lowest BCUT2D eigenvalue weighted by molar-refractivity contribution is -0.137. The van der Waals surface area contributed by atoms with Gasteiger partial charge >= 0.3 is 6.18 Å². The molecule has 15 heteroatoms. The Morgan fingerprint density at radius 1 is 1.00 bits per heavy atom. The van der Waals surface area contributed by atoms with Gasteiger partial charge in [-0.15, -0.1) is 0 Å². The number of hydrogen-bond donors (Lipinski definition) is 4. The first-order valence-corrected chi connectivity index (χ1v) is 13.3. The summed E-state index contributed by atoms with van der Waals surface area (Å²) in [5.74, 6) is -1.80. The molecule has 0 fully saturated rings. The Kier molecular flexibility index (Phi) is 8.45. The maximum atomic E-state index is 13.4. The molecule has 0 saturated heterocycles. The number of halogens is 3. The minimum atomic E-state index is -4.71. The van der Waals surface area contributed by atoms with Crippen molar-refractivity contribution in [1.29, 1.82) is 0 Å². The number of nitrogens with one attached hydrogen (secondary N) is 3. The first kappa shape index (κ1) is 29.3. The Labute approximate surface area is 225 Å². The van der Waals surface area contributed by atoms with E-state index in [9.17, 15) is 36.0 Å². The van der Waals surface area contributed by atoms with E-state index in [0.29, 0.717) is 11.6 Å². The lowest BCUT2D eigenvalue weighted by atomic mass is 10.1. The number of aromatic nitrogens is 1. The Morgan fingerprint density at radius 3 is 2.21 bits per heavy atom. The van der Waals surface area contributed by atoms with E-state index in [4.69, 9.17) is 5.73 Å². The van der Waals surface area contributed by atoms with Crippen molar-refractivity contribution in [3.63, 3.8) is 0 Å². The van der Waals surface area contributed by atoms with E-state index >= 15 is 0 Å². The van der Waals surface area contributed by atoms with Crippen molar-refractivity contribution in [1.82, 2.24) is 20.7 Å². The van der Waals surface area contributed by atoms with Crippen molar-refractivity contribution in [3.8, 4) is 5.69 Å². The van der Waals surface area contributed by atoms with Gasteiger partial charge in [-0.2, -0.15) is 13.2 Å². The highest BCUT2D eigenvalue weighted by Crippen LogP contribution is 2.30. The SMILES string of the molecule is Cc1c(C(=O)NNC(N)=S)cc(C(=O)NCc2ccc(S(C)(=O)=O)cc2)c(=O)n1-c1cccc(C(F)(F)F)c1. The van der Waals surface area contributed by atoms with Crippen molar-refractivity contribution in [2.45, 2.75) is 24.5 Å². The quantitative estimate of drug-likeness (QED) is 0.255. The van der Waals surface area contributed by atoms with Crippen LogP contribution in [-0.4, -0.2) is 36.2 Å². The van der Waals surface area contributed by atoms with Gasteiger partial charge in [0.1, 0.15) is 5.56 Å². The number of alkyl halides is 3. The number of carbonyl (C=O) groups excluding carboxylic acids is 2. The third-order valence-corrected chi connectivity index (χ3v) is 6.70. The summed E-state index contributed by atoms with van der Waals surface area (Å²) in [5, 5.41) is 2.21. The lowest BCUT2D eigenvalue weighted by Gasteiger charge is -2.18. The van der Waals surface area contributed by atoms with Gasteiger partial charge in [-0.1, -0.05) is 18.2 Å². The average molecular weight is 582 g/mol. The van der Waals surface area contributed by atoms with E-state index in [1.165, 1.54) is 37.3 Å². The second-order valence-electron chi connectivity index (χ2n) is 8.29. The Balaban J connectivity index is 2.06. The predicted molar refractivity (Wildman–Crippen MR) is 140 cm³/mol. The van der Waals surface area contributed by atoms with Gasteiger partial charge in [-0.25, -0.2) is 8.42 Å². The summed E-state index contributed by atoms with van der Waals surface area (Å²) in [6.45, 7) is 1.20. The molecule has 0 saturated carbocycles. The lowest BCUT2D eigenvalue weighted by Crippen LogP contribution is -2.45. The van der Waals surface area contributed by atoms with Crippen molar-refractivity contribution in [2.75, 3.05) is 6.26 Å². The molecule has 2 amide bonds. The monoisotopic (exact) mass is 581 g/mol. The highest BCUT2D eigenvalue weighted by atomic mass is 32.2. The average Bonchev–Trinajstić information content (AvgIpc) is 2.85. The Morgan fingerprint density at radius 2 is 1.64 bits per heavy atom. The maximum Gasteiger partial charge on any atom is 0.416 e. The number of sulfone groups is 1. The van der Waals surface area contributed by atoms with E-state index < -0.39 is 44.5 Å². The number of nitrogens with two attached hydrogens (primary N) is 1. The minimum absolute atomic E-state index is 0.0607. The number of thiocarbonyl (C=S) groups is 1. The molecule has 0 radical (unpaired) electrons. The second-order valence-corrected chi connectivity index (χ2v) is 10.7. The highest BCUT2D eigenvalue weighted by Gasteiger charge is 2.31. The first-order chi connectivity index (χ1) is 18.1. The number of pyridine rings is 1. The van der Waals surface area contributed by atoms with Crippen LogP contribution in [0.4, 0.5) is 13.2 Å². The molecule has 0 aliphatic rings. The molecule has 39 heavy (non-hydrogen) atoms. The predicted octanol–water partition coefficient (Wildman–Crippen LogP) is 1.98. The van der Waals surface area contributed by atoms with Crippen LogP contribution in [0.3, 0.4) is 0 Å². The van der Waals surface area contributed by atoms with E-state index in [1.807, 2.05) is 0 Å². The second kappa shape index (κ2) is 11.2. The third kappa shape index (κ3) is 7.00. The molecule has 1 heterocycles. The summed E-state index contributed by atoms with van der Waals surface area (Å²) in [4.78, 5) is 39.3. The van der Waals surface area contributed by atoms with Crippen molar-refractivity contribution >= 4 is 39.0 Å². The zero-order valence-electron chi connectivity index (χ0n) is 20.4. The molecule has 0 aliphatic heterocycles. The van der Waals surface area contributed by atoms with Gasteiger partial charge in [0.15, 0.2) is 14.9 Å². The molecule has 5 N–H and O–H groups in total. The maximum absolute atomic E-state index is 13.4. The first-order valence-electron chi connectivity index (χ1n) is 11.0. The normalized spacial score (nSPS) is 11.5. The number of amides is 2. The molecule has 0 aliphatic carbocycles. The zero-order valence-corrected chi connectivity index (χ0v) is 22.1. The van der Waals surface area contributed by atoms with E-state index in [0.717, 1.165) is 29.0 Å². The van der Waals surface area contributed by atoms with Crippen LogP contribution in [0, 0.1) is 6.92 Å². The molecular weight excluding hydrogens is 559 g/mol. The van der Waals surface area contributed by atoms with Crippen molar-refractivity contribution < 1.29 is 31.2 Å². The molecule has 0 bridgehead atoms. The van der Waals surface area contributed by atoms with Gasteiger partial charge in [0.05, 0.1) is 16.0 Å². The molecule has 3 rings (SSSR count). The van der Waals surface area contributed by atoms with Crippen LogP contribution in [0.15, 0.2) is 64.3 Å². The summed E-state index contributed by atoms with van der Waals surface area (Å²) in [6, 6.07) is 10.5. The van der Waals surface area contributed by atoms with Gasteiger partial charge in [-0.3, -0.25) is 29.8 Å². The van der Waals surface area contributed by atoms with Crippen molar-refractivity contribution in [2.24, 2.45) is 5.73 Å². The van der Waals surface area contributed by atoms with Crippen LogP contribution in [0.5, 0.6) is 0 Å². The number of hydrazine groups is 1. The van der Waals surface area contributed by atoms with E-state index in [1.54, 1.807) is 0 Å². The molecule has 0 unspecified atom stereocenters. The third-order valence-electron chi connectivity index (χ3n) is 5.47. The molecule has 0 spiro atoms. The van der Waals surface area contributed by atoms with Gasteiger partial charge in [-0.05, 0) is 61.1 Å². The zero-order chi connectivity index (χ0) is 29.1. The van der Waals surface area contributed by atoms with Gasteiger partial charge in [0.25, 0.3) is 17.4 Å². The fourth-order valence-electron chi connectivity index (χ4n) is 3.55. The number of nitrogens with zero attached hydrogens (tertiary/aromatic N) is 1. The summed E-state index contributed by atoms with van der Waals surface area (Å²) in [5.41, 5.74) is 7.14. The van der Waals surface area contributed by atoms with E-state index in [-0.39, 0.29) is 33.5 Å². The van der Waals surface area contributed by atoms with Crippen LogP contribution < -0.4 is 27.5 Å². The number of benzene rings is 2. The molecule has 10 nitrogen and oxygen atoms in total. The van der Waals surface area contributed by atoms with Gasteiger partial charge in [0.2, 0.25) is 0 Å². The fraction of sp³-hybridized carbons (Fsp3) is 0.167. The smallest absolute Gasteiger partial charge is 0.375 e.